The summed E-state index contributed by atoms with van der Waals surface area (Å²) < 4.78 is 439. The third-order valence-corrected chi connectivity index (χ3v) is 31.9. The summed E-state index contributed by atoms with van der Waals surface area (Å²) in [4.78, 5) is 0. The number of fused-ring (bicyclic) bond motifs is 2. The molecular weight excluding hydrogens is 1580 g/mol. The van der Waals surface area contributed by atoms with Crippen LogP contribution in [0, 0.1) is 90.7 Å². The summed E-state index contributed by atoms with van der Waals surface area (Å²) >= 11 is 0. The first-order valence-electron chi connectivity index (χ1n) is 39.6. The maximum Gasteiger partial charge on any atom is 0.459 e. The Kier molecular flexibility index (Phi) is 21.3. The Morgan fingerprint density at radius 2 is 0.708 bits per heavy atom. The van der Waals surface area contributed by atoms with Gasteiger partial charge >= 0.3 is 72.8 Å². The van der Waals surface area contributed by atoms with Crippen LogP contribution >= 0.6 is 0 Å². The Labute approximate surface area is 639 Å². The minimum atomic E-state index is -6.55. The molecule has 113 heavy (non-hydrogen) atoms. The van der Waals surface area contributed by atoms with Crippen molar-refractivity contribution in [1.29, 1.82) is 0 Å². The molecule has 0 amide bonds. The van der Waals surface area contributed by atoms with E-state index in [9.17, 15) is 79.0 Å². The summed E-state index contributed by atoms with van der Waals surface area (Å²) in [5.74, 6) is -28.0. The number of ether oxygens (including phenoxy) is 6. The third kappa shape index (κ3) is 13.5. The Morgan fingerprint density at radius 1 is 0.372 bits per heavy atom. The van der Waals surface area contributed by atoms with Crippen molar-refractivity contribution in [1.82, 2.24) is 0 Å². The van der Waals surface area contributed by atoms with Crippen LogP contribution in [0.1, 0.15) is 254 Å². The molecule has 0 N–H and O–H groups in total. The van der Waals surface area contributed by atoms with E-state index in [1.54, 1.807) is 6.08 Å². The molecule has 0 aromatic heterocycles. The lowest BCUT2D eigenvalue weighted by Crippen LogP contribution is -2.75. The summed E-state index contributed by atoms with van der Waals surface area (Å²) in [5, 5.41) is 0. The number of halogens is 28. The van der Waals surface area contributed by atoms with E-state index in [0.717, 1.165) is 6.92 Å². The average Bonchev–Trinajstić information content (AvgIpc) is 1.52. The van der Waals surface area contributed by atoms with E-state index in [-0.39, 0.29) is 114 Å². The van der Waals surface area contributed by atoms with E-state index in [1.807, 2.05) is 27.7 Å². The van der Waals surface area contributed by atoms with Gasteiger partial charge in [0, 0.05) is 23.7 Å². The van der Waals surface area contributed by atoms with E-state index < -0.39 is 212 Å². The minimum absolute atomic E-state index is 0.0241. The monoisotopic (exact) mass is 1680 g/mol. The first-order valence-corrected chi connectivity index (χ1v) is 39.6. The van der Waals surface area contributed by atoms with Crippen molar-refractivity contribution in [3.05, 3.63) is 25.3 Å². The van der Waals surface area contributed by atoms with Crippen LogP contribution in [0.4, 0.5) is 123 Å². The van der Waals surface area contributed by atoms with Gasteiger partial charge in [0.2, 0.25) is 0 Å². The van der Waals surface area contributed by atoms with Crippen LogP contribution in [0.5, 0.6) is 0 Å². The van der Waals surface area contributed by atoms with Crippen molar-refractivity contribution in [2.45, 2.75) is 361 Å². The highest BCUT2D eigenvalue weighted by Gasteiger charge is 2.89. The van der Waals surface area contributed by atoms with Crippen LogP contribution in [0.2, 0.25) is 0 Å². The molecule has 12 saturated carbocycles. The zero-order valence-corrected chi connectivity index (χ0v) is 64.6. The van der Waals surface area contributed by atoms with Gasteiger partial charge in [0.05, 0.1) is 24.4 Å². The van der Waals surface area contributed by atoms with Crippen molar-refractivity contribution in [3.8, 4) is 0 Å². The Morgan fingerprint density at radius 3 is 1.07 bits per heavy atom. The van der Waals surface area contributed by atoms with Gasteiger partial charge in [0.1, 0.15) is 11.2 Å². The highest BCUT2D eigenvalue weighted by molar-refractivity contribution is 5.26. The third-order valence-electron chi connectivity index (χ3n) is 31.9. The molecule has 34 heteroatoms. The highest BCUT2D eigenvalue weighted by atomic mass is 19.5. The fraction of sp³-hybridized carbons (Fsp3) is 0.949. The van der Waals surface area contributed by atoms with Gasteiger partial charge in [0.15, 0.2) is 0 Å². The van der Waals surface area contributed by atoms with Crippen molar-refractivity contribution < 1.29 is 151 Å². The second-order valence-electron chi connectivity index (χ2n) is 39.7. The van der Waals surface area contributed by atoms with E-state index in [2.05, 4.69) is 17.9 Å². The Hall–Kier alpha value is -2.72. The standard InChI is InChI=1S/C42H58F14O3.C20H25F7O2.C17H21F7O/c1-7-30(4,34-19-27-15-28(22-34)32(6,58-31(5,16-27)23-34)38(44,45)39(46,47)42(54,55)56)12-11-29(2,3)33-17-25-14-26(18-33)21-35(20-25,24-33)37(40(48,49)50,41(51,52)53)59-36(43)10-8-9-13-57-36;1-2-15-8-13-7-14(9-15)11-16(10-13,12-15)18(19(22,23)24,20(25,26)27)29-17(21)5-3-4-6-28-17;1-4-14-7-10-5-11(8-14)13(3,25-12(2,6-10)9-14)15(18,19)16(20,21)17(22,23)24/h25-28H,7-24H2,1-6H3;2,13-14H,1,3-12H2;4,10-11H,1,5-9H2,2-3H3. The van der Waals surface area contributed by atoms with Crippen LogP contribution in [0.15, 0.2) is 25.3 Å². The van der Waals surface area contributed by atoms with Gasteiger partial charge in [-0.2, -0.15) is 123 Å². The summed E-state index contributed by atoms with van der Waals surface area (Å²) in [7, 11) is 0. The number of rotatable bonds is 18. The molecule has 12 aliphatic carbocycles. The first-order chi connectivity index (χ1) is 51.0. The van der Waals surface area contributed by atoms with E-state index >= 15 is 43.9 Å². The van der Waals surface area contributed by atoms with Crippen LogP contribution < -0.4 is 0 Å². The summed E-state index contributed by atoms with van der Waals surface area (Å²) in [5.41, 5.74) is -28.0. The molecular formula is C79H104F28O6. The maximum atomic E-state index is 16.0. The molecule has 0 aromatic carbocycles. The predicted molar refractivity (Wildman–Crippen MR) is 353 cm³/mol. The Bertz CT molecular complexity index is 3470. The molecule has 18 fully saturated rings. The summed E-state index contributed by atoms with van der Waals surface area (Å²) in [6.45, 7) is 18.7. The van der Waals surface area contributed by atoms with Crippen molar-refractivity contribution >= 4 is 0 Å². The van der Waals surface area contributed by atoms with Gasteiger partial charge in [-0.3, -0.25) is 9.47 Å². The van der Waals surface area contributed by atoms with Gasteiger partial charge in [-0.25, -0.2) is 0 Å². The molecule has 17 atom stereocenters. The molecule has 652 valence electrons. The first kappa shape index (κ1) is 89.5. The van der Waals surface area contributed by atoms with E-state index in [1.165, 1.54) is 19.9 Å². The number of hydrogen-bond acceptors (Lipinski definition) is 6. The maximum absolute atomic E-state index is 16.0. The summed E-state index contributed by atoms with van der Waals surface area (Å²) in [6, 6.07) is -7.01. The quantitative estimate of drug-likeness (QED) is 0.101. The molecule has 6 nitrogen and oxygen atoms in total. The van der Waals surface area contributed by atoms with Gasteiger partial charge in [-0.05, 0) is 287 Å². The van der Waals surface area contributed by atoms with Crippen molar-refractivity contribution in [3.63, 3.8) is 0 Å². The molecule has 6 aliphatic heterocycles. The fourth-order valence-corrected chi connectivity index (χ4v) is 27.8. The SMILES string of the molecule is C=CC12CC3CC(C1)C(C)(C(F)(F)C(F)(F)C(F)(F)F)OC(C)(C3)C2.C=CC12CC3CC(C1)CC(C(OC1(F)CCCCO1)(C(F)(F)F)C(F)(F)F)(C3)C2.CCC(C)(CCC(C)(C)C12CC3CC(C1)CC(C(OC1(F)CCCCO1)(C(F)(F)F)C(F)(F)F)(C3)C2)C12CC3CC(C1)C(C)(C(F)(F)C(F)(F)C(F)(F)F)OC(C)(C3)C2. The molecule has 17 unspecified atom stereocenters. The van der Waals surface area contributed by atoms with Gasteiger partial charge < -0.3 is 18.9 Å². The summed E-state index contributed by atoms with van der Waals surface area (Å²) in [6.07, 6.45) is -30.7. The fourth-order valence-electron chi connectivity index (χ4n) is 27.8. The number of alkyl halides is 28. The average molecular weight is 1680 g/mol. The molecule has 18 rings (SSSR count). The lowest BCUT2D eigenvalue weighted by molar-refractivity contribution is -0.499. The largest absolute Gasteiger partial charge is 0.459 e. The van der Waals surface area contributed by atoms with Gasteiger partial charge in [0.25, 0.3) is 11.2 Å². The van der Waals surface area contributed by atoms with Crippen LogP contribution in [0.25, 0.3) is 0 Å². The molecule has 6 heterocycles. The smallest absolute Gasteiger partial charge is 0.362 e. The molecule has 6 saturated heterocycles. The second kappa shape index (κ2) is 26.9. The zero-order valence-electron chi connectivity index (χ0n) is 64.6. The lowest BCUT2D eigenvalue weighted by Gasteiger charge is -2.70. The van der Waals surface area contributed by atoms with E-state index in [0.29, 0.717) is 90.4 Å². The highest BCUT2D eigenvalue weighted by Crippen LogP contribution is 2.80. The zero-order chi connectivity index (χ0) is 84.6. The molecule has 0 spiro atoms. The minimum Gasteiger partial charge on any atom is -0.362 e. The Balaban J connectivity index is 0.000000180. The topological polar surface area (TPSA) is 55.4 Å². The van der Waals surface area contributed by atoms with Crippen molar-refractivity contribution in [2.24, 2.45) is 90.7 Å². The van der Waals surface area contributed by atoms with Gasteiger partial charge in [-0.15, -0.1) is 13.2 Å². The lowest BCUT2D eigenvalue weighted by atomic mass is 9.36. The van der Waals surface area contributed by atoms with Crippen LogP contribution in [-0.2, 0) is 28.4 Å². The number of hydrogen-bond donors (Lipinski definition) is 0. The predicted octanol–water partition coefficient (Wildman–Crippen LogP) is 26.3. The van der Waals surface area contributed by atoms with Gasteiger partial charge in [-0.1, -0.05) is 46.3 Å². The molecule has 0 radical (unpaired) electrons. The van der Waals surface area contributed by atoms with E-state index in [4.69, 9.17) is 23.7 Å². The van der Waals surface area contributed by atoms with Crippen LogP contribution in [0.3, 0.4) is 0 Å². The molecule has 18 aliphatic rings. The number of allylic oxidation sites excluding steroid dienone is 2. The second-order valence-corrected chi connectivity index (χ2v) is 39.7. The normalized spacial score (nSPS) is 43.3. The molecule has 0 aromatic rings. The van der Waals surface area contributed by atoms with Crippen LogP contribution in [-0.4, -0.2) is 120 Å². The molecule has 16 bridgehead atoms. The van der Waals surface area contributed by atoms with Crippen molar-refractivity contribution in [2.75, 3.05) is 13.2 Å².